The molecule has 5 rings (SSSR count). The minimum Gasteiger partial charge on any atom is -0.496 e. The van der Waals surface area contributed by atoms with Gasteiger partial charge in [-0.05, 0) is 52.9 Å². The summed E-state index contributed by atoms with van der Waals surface area (Å²) in [7, 11) is 1.55. The number of ether oxygens (including phenoxy) is 1. The van der Waals surface area contributed by atoms with Gasteiger partial charge in [-0.25, -0.2) is 4.39 Å². The number of benzene rings is 3. The number of halogens is 1. The van der Waals surface area contributed by atoms with Gasteiger partial charge in [0.25, 0.3) is 11.8 Å². The molecule has 0 spiro atoms. The zero-order valence-corrected chi connectivity index (χ0v) is 16.6. The van der Waals surface area contributed by atoms with E-state index in [9.17, 15) is 14.0 Å². The highest BCUT2D eigenvalue weighted by atomic mass is 19.1. The first-order valence-corrected chi connectivity index (χ1v) is 9.73. The van der Waals surface area contributed by atoms with Gasteiger partial charge in [-0.2, -0.15) is 0 Å². The molecule has 152 valence electrons. The molecule has 3 aromatic carbocycles. The fraction of sp³-hybridized carbons (Fsp3) is 0.0800. The molecule has 1 aliphatic heterocycles. The number of amides is 2. The second-order valence-electron chi connectivity index (χ2n) is 7.29. The van der Waals surface area contributed by atoms with Gasteiger partial charge in [0.15, 0.2) is 0 Å². The first-order valence-electron chi connectivity index (χ1n) is 9.73. The molecule has 0 radical (unpaired) electrons. The molecule has 0 bridgehead atoms. The van der Waals surface area contributed by atoms with Gasteiger partial charge >= 0.3 is 0 Å². The number of pyridine rings is 1. The number of fused-ring (bicyclic) bond motifs is 2. The third-order valence-electron chi connectivity index (χ3n) is 5.51. The first kappa shape index (κ1) is 18.9. The van der Waals surface area contributed by atoms with E-state index in [4.69, 9.17) is 4.74 Å². The van der Waals surface area contributed by atoms with Crippen molar-refractivity contribution in [2.75, 3.05) is 7.11 Å². The quantitative estimate of drug-likeness (QED) is 0.450. The lowest BCUT2D eigenvalue weighted by Crippen LogP contribution is -2.29. The van der Waals surface area contributed by atoms with Crippen molar-refractivity contribution in [3.05, 3.63) is 95.6 Å². The molecular weight excluding hydrogens is 395 g/mol. The van der Waals surface area contributed by atoms with Crippen LogP contribution in [0.2, 0.25) is 0 Å². The maximum absolute atomic E-state index is 13.6. The van der Waals surface area contributed by atoms with Gasteiger partial charge in [0, 0.05) is 23.3 Å². The van der Waals surface area contributed by atoms with E-state index in [2.05, 4.69) is 4.98 Å². The Morgan fingerprint density at radius 3 is 2.39 bits per heavy atom. The summed E-state index contributed by atoms with van der Waals surface area (Å²) < 4.78 is 19.2. The fourth-order valence-electron chi connectivity index (χ4n) is 4.08. The standard InChI is InChI=1S/C25H17FN2O3/c1-31-20-4-2-3-17-13-19-23(22(21(17)20)16-5-7-18(26)8-6-16)25(30)28(24(19)29)14-15-9-11-27-12-10-15/h2-13H,14H2,1H3. The second kappa shape index (κ2) is 7.32. The Labute approximate surface area is 177 Å². The van der Waals surface area contributed by atoms with Gasteiger partial charge in [-0.15, -0.1) is 0 Å². The predicted octanol–water partition coefficient (Wildman–Crippen LogP) is 4.85. The lowest BCUT2D eigenvalue weighted by atomic mass is 9.90. The molecule has 0 fully saturated rings. The van der Waals surface area contributed by atoms with E-state index in [1.165, 1.54) is 17.0 Å². The van der Waals surface area contributed by atoms with E-state index in [0.717, 1.165) is 10.9 Å². The molecule has 6 heteroatoms. The van der Waals surface area contributed by atoms with Crippen molar-refractivity contribution in [1.82, 2.24) is 9.88 Å². The van der Waals surface area contributed by atoms with Crippen LogP contribution in [0.3, 0.4) is 0 Å². The number of carbonyl (C=O) groups is 2. The fourth-order valence-corrected chi connectivity index (χ4v) is 4.08. The van der Waals surface area contributed by atoms with E-state index < -0.39 is 0 Å². The highest BCUT2D eigenvalue weighted by Gasteiger charge is 2.39. The Morgan fingerprint density at radius 1 is 0.935 bits per heavy atom. The van der Waals surface area contributed by atoms with Crippen LogP contribution in [0.1, 0.15) is 26.3 Å². The van der Waals surface area contributed by atoms with Crippen LogP contribution < -0.4 is 4.74 Å². The van der Waals surface area contributed by atoms with Crippen LogP contribution in [0.25, 0.3) is 21.9 Å². The highest BCUT2D eigenvalue weighted by Crippen LogP contribution is 2.42. The Morgan fingerprint density at radius 2 is 1.68 bits per heavy atom. The summed E-state index contributed by atoms with van der Waals surface area (Å²) in [6.07, 6.45) is 3.24. The molecule has 2 amide bonds. The third-order valence-corrected chi connectivity index (χ3v) is 5.51. The molecule has 4 aromatic rings. The van der Waals surface area contributed by atoms with Crippen LogP contribution in [0.15, 0.2) is 73.1 Å². The number of hydrogen-bond acceptors (Lipinski definition) is 4. The Bertz CT molecular complexity index is 1330. The normalized spacial score (nSPS) is 13.0. The minimum atomic E-state index is -0.385. The highest BCUT2D eigenvalue weighted by molar-refractivity contribution is 6.27. The van der Waals surface area contributed by atoms with Crippen molar-refractivity contribution in [3.63, 3.8) is 0 Å². The van der Waals surface area contributed by atoms with Crippen molar-refractivity contribution in [2.24, 2.45) is 0 Å². The van der Waals surface area contributed by atoms with E-state index in [0.29, 0.717) is 33.4 Å². The van der Waals surface area contributed by atoms with Crippen molar-refractivity contribution in [3.8, 4) is 16.9 Å². The number of carbonyl (C=O) groups excluding carboxylic acids is 2. The van der Waals surface area contributed by atoms with E-state index >= 15 is 0 Å². The summed E-state index contributed by atoms with van der Waals surface area (Å²) >= 11 is 0. The van der Waals surface area contributed by atoms with E-state index in [1.807, 2.05) is 12.1 Å². The van der Waals surface area contributed by atoms with Crippen LogP contribution >= 0.6 is 0 Å². The summed E-state index contributed by atoms with van der Waals surface area (Å²) in [6.45, 7) is 0.144. The van der Waals surface area contributed by atoms with Crippen molar-refractivity contribution in [2.45, 2.75) is 6.54 Å². The van der Waals surface area contributed by atoms with Gasteiger partial charge < -0.3 is 4.74 Å². The first-order chi connectivity index (χ1) is 15.1. The summed E-state index contributed by atoms with van der Waals surface area (Å²) in [5, 5.41) is 1.48. The van der Waals surface area contributed by atoms with Crippen LogP contribution in [0.4, 0.5) is 4.39 Å². The molecule has 0 atom stereocenters. The smallest absolute Gasteiger partial charge is 0.262 e. The Balaban J connectivity index is 1.77. The van der Waals surface area contributed by atoms with Crippen LogP contribution in [-0.4, -0.2) is 28.8 Å². The van der Waals surface area contributed by atoms with Crippen LogP contribution in [-0.2, 0) is 6.54 Å². The number of rotatable bonds is 4. The molecule has 1 aliphatic rings. The molecule has 31 heavy (non-hydrogen) atoms. The van der Waals surface area contributed by atoms with Gasteiger partial charge in [0.1, 0.15) is 11.6 Å². The van der Waals surface area contributed by atoms with Crippen LogP contribution in [0.5, 0.6) is 5.75 Å². The van der Waals surface area contributed by atoms with Crippen molar-refractivity contribution in [1.29, 1.82) is 0 Å². The Hall–Kier alpha value is -4.06. The molecule has 5 nitrogen and oxygen atoms in total. The monoisotopic (exact) mass is 412 g/mol. The van der Waals surface area contributed by atoms with E-state index in [-0.39, 0.29) is 24.2 Å². The van der Waals surface area contributed by atoms with Gasteiger partial charge in [-0.1, -0.05) is 24.3 Å². The zero-order chi connectivity index (χ0) is 21.5. The number of nitrogens with zero attached hydrogens (tertiary/aromatic N) is 2. The lowest BCUT2D eigenvalue weighted by molar-refractivity contribution is 0.0642. The molecule has 0 saturated heterocycles. The predicted molar refractivity (Wildman–Crippen MR) is 114 cm³/mol. The minimum absolute atomic E-state index is 0.144. The molecule has 2 heterocycles. The van der Waals surface area contributed by atoms with E-state index in [1.54, 1.807) is 55.9 Å². The number of aromatic nitrogens is 1. The van der Waals surface area contributed by atoms with Crippen molar-refractivity contribution < 1.29 is 18.7 Å². The second-order valence-corrected chi connectivity index (χ2v) is 7.29. The largest absolute Gasteiger partial charge is 0.496 e. The molecular formula is C25H17FN2O3. The molecule has 0 aliphatic carbocycles. The Kier molecular flexibility index (Phi) is 4.47. The average Bonchev–Trinajstić information content (AvgIpc) is 3.03. The number of imide groups is 1. The molecule has 1 aromatic heterocycles. The topological polar surface area (TPSA) is 59.5 Å². The SMILES string of the molecule is COc1cccc2cc3c(c(-c4ccc(F)cc4)c12)C(=O)N(Cc1ccncc1)C3=O. The van der Waals surface area contributed by atoms with Gasteiger partial charge in [-0.3, -0.25) is 19.5 Å². The third kappa shape index (κ3) is 3.04. The maximum atomic E-state index is 13.6. The molecule has 0 unspecified atom stereocenters. The summed E-state index contributed by atoms with van der Waals surface area (Å²) in [4.78, 5) is 32.0. The molecule has 0 N–H and O–H groups in total. The summed E-state index contributed by atoms with van der Waals surface area (Å²) in [5.74, 6) is -0.546. The summed E-state index contributed by atoms with van der Waals surface area (Å²) in [6, 6.07) is 16.7. The maximum Gasteiger partial charge on any atom is 0.262 e. The summed E-state index contributed by atoms with van der Waals surface area (Å²) in [5.41, 5.74) is 2.65. The van der Waals surface area contributed by atoms with Crippen molar-refractivity contribution >= 4 is 22.6 Å². The number of methoxy groups -OCH3 is 1. The average molecular weight is 412 g/mol. The van der Waals surface area contributed by atoms with Gasteiger partial charge in [0.05, 0.1) is 24.8 Å². The zero-order valence-electron chi connectivity index (χ0n) is 16.6. The lowest BCUT2D eigenvalue weighted by Gasteiger charge is -2.15. The van der Waals surface area contributed by atoms with Crippen LogP contribution in [0, 0.1) is 5.82 Å². The molecule has 0 saturated carbocycles. The van der Waals surface area contributed by atoms with Gasteiger partial charge in [0.2, 0.25) is 0 Å². The number of hydrogen-bond donors (Lipinski definition) is 0.